The van der Waals surface area contributed by atoms with E-state index < -0.39 is 14.3 Å². The number of benzene rings is 4. The summed E-state index contributed by atoms with van der Waals surface area (Å²) in [5.74, 6) is 0. The molecule has 0 saturated carbocycles. The molecule has 0 aliphatic rings. The molecule has 0 aliphatic carbocycles. The van der Waals surface area contributed by atoms with Gasteiger partial charge < -0.3 is 14.7 Å². The summed E-state index contributed by atoms with van der Waals surface area (Å²) in [6.07, 6.45) is -1.07. The van der Waals surface area contributed by atoms with Gasteiger partial charge in [-0.2, -0.15) is 0 Å². The molecule has 122 valence electrons. The molecule has 0 radical (unpaired) electrons. The lowest BCUT2D eigenvalue weighted by molar-refractivity contribution is -0.0963. The maximum Gasteiger partial charge on any atom is 0.191 e. The summed E-state index contributed by atoms with van der Waals surface area (Å²) in [5, 5.41) is 17.1. The van der Waals surface area contributed by atoms with Crippen LogP contribution in [-0.4, -0.2) is 22.8 Å². The molecule has 4 nitrogen and oxygen atoms in total. The van der Waals surface area contributed by atoms with Gasteiger partial charge in [0.1, 0.15) is 0 Å². The molecule has 0 saturated heterocycles. The third kappa shape index (κ3) is 2.58. The van der Waals surface area contributed by atoms with Gasteiger partial charge in [0.2, 0.25) is 0 Å². The Bertz CT molecular complexity index is 1030. The van der Waals surface area contributed by atoms with Crippen LogP contribution in [0.2, 0.25) is 0 Å². The molecule has 0 fully saturated rings. The van der Waals surface area contributed by atoms with Crippen molar-refractivity contribution < 1.29 is 19.3 Å². The van der Waals surface area contributed by atoms with Crippen LogP contribution in [0.3, 0.4) is 0 Å². The minimum absolute atomic E-state index is 0.0492. The third-order valence-electron chi connectivity index (χ3n) is 4.42. The van der Waals surface area contributed by atoms with Crippen molar-refractivity contribution in [2.45, 2.75) is 6.29 Å². The molecule has 0 aliphatic heterocycles. The minimum Gasteiger partial charge on any atom is -0.364 e. The number of rotatable bonds is 5. The van der Waals surface area contributed by atoms with Crippen LogP contribution in [0.15, 0.2) is 54.6 Å². The molecule has 5 heteroatoms. The molecule has 0 bridgehead atoms. The number of aliphatic hydroxyl groups excluding tert-OH is 1. The van der Waals surface area contributed by atoms with E-state index in [1.807, 2.05) is 30.3 Å². The van der Waals surface area contributed by atoms with E-state index in [1.54, 1.807) is 0 Å². The first-order valence-corrected chi connectivity index (χ1v) is 9.39. The second kappa shape index (κ2) is 6.15. The maximum atomic E-state index is 10.8. The summed E-state index contributed by atoms with van der Waals surface area (Å²) >= 11 is 0. The molecule has 0 amide bonds. The Hall–Kier alpha value is -1.97. The fourth-order valence-corrected chi connectivity index (χ4v) is 3.61. The molecule has 0 heterocycles. The van der Waals surface area contributed by atoms with Crippen LogP contribution in [0.1, 0.15) is 11.9 Å². The predicted octanol–water partition coefficient (Wildman–Crippen LogP) is 4.06. The van der Waals surface area contributed by atoms with Gasteiger partial charge >= 0.3 is 0 Å². The van der Waals surface area contributed by atoms with Crippen molar-refractivity contribution in [3.8, 4) is 0 Å². The summed E-state index contributed by atoms with van der Waals surface area (Å²) in [5.41, 5.74) is 0.679. The largest absolute Gasteiger partial charge is 0.364 e. The first-order valence-electron chi connectivity index (χ1n) is 7.83. The van der Waals surface area contributed by atoms with Gasteiger partial charge in [0.05, 0.1) is 6.61 Å². The van der Waals surface area contributed by atoms with Gasteiger partial charge in [0, 0.05) is 11.7 Å². The maximum absolute atomic E-state index is 10.8. The van der Waals surface area contributed by atoms with Crippen molar-refractivity contribution in [2.75, 3.05) is 12.8 Å². The number of aliphatic hydroxyl groups is 1. The van der Waals surface area contributed by atoms with E-state index in [0.29, 0.717) is 5.56 Å². The zero-order chi connectivity index (χ0) is 16.7. The molecular weight excluding hydrogens is 323 g/mol. The van der Waals surface area contributed by atoms with Gasteiger partial charge in [-0.25, -0.2) is 0 Å². The van der Waals surface area contributed by atoms with Crippen LogP contribution < -0.4 is 0 Å². The highest BCUT2D eigenvalue weighted by Crippen LogP contribution is 2.37. The van der Waals surface area contributed by atoms with Crippen molar-refractivity contribution in [3.63, 3.8) is 0 Å². The Morgan fingerprint density at radius 1 is 0.917 bits per heavy atom. The van der Waals surface area contributed by atoms with Crippen molar-refractivity contribution in [3.05, 3.63) is 60.2 Å². The number of ether oxygens (including phenoxy) is 1. The zero-order valence-corrected chi connectivity index (χ0v) is 13.9. The fourth-order valence-electron chi connectivity index (χ4n) is 3.32. The molecule has 4 aromatic rings. The zero-order valence-electron chi connectivity index (χ0n) is 12.9. The average Bonchev–Trinajstić information content (AvgIpc) is 2.59. The van der Waals surface area contributed by atoms with Gasteiger partial charge in [-0.3, -0.25) is 4.57 Å². The Balaban J connectivity index is 1.86. The summed E-state index contributed by atoms with van der Waals surface area (Å²) in [6, 6.07) is 18.3. The van der Waals surface area contributed by atoms with Crippen LogP contribution >= 0.6 is 8.03 Å². The molecule has 2 atom stereocenters. The number of hydrogen-bond acceptors (Lipinski definition) is 3. The van der Waals surface area contributed by atoms with E-state index >= 15 is 0 Å². The molecule has 4 rings (SSSR count). The summed E-state index contributed by atoms with van der Waals surface area (Å²) < 4.78 is 16.1. The predicted molar refractivity (Wildman–Crippen MR) is 97.1 cm³/mol. The lowest BCUT2D eigenvalue weighted by Gasteiger charge is -2.17. The van der Waals surface area contributed by atoms with E-state index in [-0.39, 0.29) is 12.8 Å². The van der Waals surface area contributed by atoms with Gasteiger partial charge in [-0.05, 0) is 32.3 Å². The Labute approximate surface area is 139 Å². The second-order valence-corrected chi connectivity index (χ2v) is 7.17. The Morgan fingerprint density at radius 2 is 1.54 bits per heavy atom. The summed E-state index contributed by atoms with van der Waals surface area (Å²) in [6.45, 7) is 0.0530. The van der Waals surface area contributed by atoms with Crippen LogP contribution in [0.5, 0.6) is 0 Å². The highest BCUT2D eigenvalue weighted by Gasteiger charge is 2.16. The average molecular weight is 340 g/mol. The van der Waals surface area contributed by atoms with Crippen molar-refractivity contribution in [1.29, 1.82) is 0 Å². The van der Waals surface area contributed by atoms with Gasteiger partial charge in [-0.1, -0.05) is 54.6 Å². The molecule has 2 unspecified atom stereocenters. The number of hydrogen-bond donors (Lipinski definition) is 2. The summed E-state index contributed by atoms with van der Waals surface area (Å²) in [7, 11) is -2.58. The molecule has 24 heavy (non-hydrogen) atoms. The SMILES string of the molecule is O=[PH](O)CCOC(O)c1ccc2ccc3cccc4ccc1c2c34. The van der Waals surface area contributed by atoms with Crippen LogP contribution in [0.25, 0.3) is 32.3 Å². The van der Waals surface area contributed by atoms with E-state index in [4.69, 9.17) is 9.63 Å². The van der Waals surface area contributed by atoms with E-state index in [2.05, 4.69) is 24.3 Å². The normalized spacial score (nSPS) is 14.6. The van der Waals surface area contributed by atoms with Crippen LogP contribution in [-0.2, 0) is 9.30 Å². The first-order chi connectivity index (χ1) is 11.6. The Morgan fingerprint density at radius 3 is 2.25 bits per heavy atom. The van der Waals surface area contributed by atoms with E-state index in [1.165, 1.54) is 5.39 Å². The van der Waals surface area contributed by atoms with Gasteiger partial charge in [0.25, 0.3) is 0 Å². The smallest absolute Gasteiger partial charge is 0.191 e. The Kier molecular flexibility index (Phi) is 3.99. The highest BCUT2D eigenvalue weighted by atomic mass is 31.1. The van der Waals surface area contributed by atoms with Crippen LogP contribution in [0.4, 0.5) is 0 Å². The first kappa shape index (κ1) is 15.6. The molecule has 0 spiro atoms. The van der Waals surface area contributed by atoms with Crippen LogP contribution in [0, 0.1) is 0 Å². The molecule has 2 N–H and O–H groups in total. The molecular formula is C19H17O4P. The highest BCUT2D eigenvalue weighted by molar-refractivity contribution is 7.38. The van der Waals surface area contributed by atoms with Crippen molar-refractivity contribution in [2.24, 2.45) is 0 Å². The standard InChI is InChI=1S/C19H17O4P/c20-19(23-10-11-24(21)22)16-9-7-14-5-4-12-2-1-3-13-6-8-15(16)18(14)17(12)13/h1-9,19-20,24H,10-11H2,(H,21,22). The lowest BCUT2D eigenvalue weighted by atomic mass is 9.92. The van der Waals surface area contributed by atoms with Gasteiger partial charge in [0.15, 0.2) is 14.3 Å². The topological polar surface area (TPSA) is 66.8 Å². The molecule has 0 aromatic heterocycles. The fraction of sp³-hybridized carbons (Fsp3) is 0.158. The molecule has 4 aromatic carbocycles. The second-order valence-electron chi connectivity index (χ2n) is 5.88. The van der Waals surface area contributed by atoms with Gasteiger partial charge in [-0.15, -0.1) is 0 Å². The van der Waals surface area contributed by atoms with Crippen molar-refractivity contribution >= 4 is 40.3 Å². The lowest BCUT2D eigenvalue weighted by Crippen LogP contribution is -2.07. The van der Waals surface area contributed by atoms with E-state index in [0.717, 1.165) is 26.9 Å². The summed E-state index contributed by atoms with van der Waals surface area (Å²) in [4.78, 5) is 8.88. The van der Waals surface area contributed by atoms with E-state index in [9.17, 15) is 9.67 Å². The third-order valence-corrected chi connectivity index (χ3v) is 5.05. The minimum atomic E-state index is -2.58. The van der Waals surface area contributed by atoms with Crippen molar-refractivity contribution in [1.82, 2.24) is 0 Å². The quantitative estimate of drug-likeness (QED) is 0.327. The monoisotopic (exact) mass is 340 g/mol.